The molecule has 0 bridgehead atoms. The number of hydrogen-bond acceptors (Lipinski definition) is 1. The molecule has 0 saturated heterocycles. The maximum atomic E-state index is 5.87. The van der Waals surface area contributed by atoms with Crippen molar-refractivity contribution in [1.82, 2.24) is 10.3 Å². The van der Waals surface area contributed by atoms with Gasteiger partial charge >= 0.3 is 0 Å². The molecule has 1 aromatic heterocycles. The molecule has 0 unspecified atom stereocenters. The molecular formula is C16H24N4. The largest absolute Gasteiger partial charge is 0.370 e. The highest BCUT2D eigenvalue weighted by molar-refractivity contribution is 5.86. The minimum absolute atomic E-state index is 0.0501. The number of aryl methyl sites for hydroxylation is 1. The summed E-state index contributed by atoms with van der Waals surface area (Å²) in [5.41, 5.74) is 9.59. The molecule has 0 aliphatic rings. The maximum absolute atomic E-state index is 5.87. The molecule has 0 radical (unpaired) electrons. The molecule has 0 amide bonds. The Bertz CT molecular complexity index is 617. The number of hydrogen-bond donors (Lipinski definition) is 3. The van der Waals surface area contributed by atoms with Gasteiger partial charge in [-0.2, -0.15) is 0 Å². The Balaban J connectivity index is 2.03. The number of fused-ring (bicyclic) bond motifs is 1. The zero-order valence-corrected chi connectivity index (χ0v) is 12.7. The Morgan fingerprint density at radius 3 is 2.80 bits per heavy atom. The topological polar surface area (TPSA) is 66.2 Å². The predicted octanol–water partition coefficient (Wildman–Crippen LogP) is 2.72. The van der Waals surface area contributed by atoms with Gasteiger partial charge in [0.1, 0.15) is 0 Å². The van der Waals surface area contributed by atoms with Crippen LogP contribution in [-0.2, 0) is 6.42 Å². The Labute approximate surface area is 120 Å². The van der Waals surface area contributed by atoms with Crippen LogP contribution < -0.4 is 11.1 Å². The molecular weight excluding hydrogens is 248 g/mol. The molecule has 0 aliphatic carbocycles. The number of rotatable bonds is 3. The van der Waals surface area contributed by atoms with E-state index < -0.39 is 0 Å². The molecule has 1 aromatic carbocycles. The number of guanidine groups is 1. The van der Waals surface area contributed by atoms with Gasteiger partial charge in [0.05, 0.1) is 0 Å². The van der Waals surface area contributed by atoms with Gasteiger partial charge in [0.15, 0.2) is 5.96 Å². The lowest BCUT2D eigenvalue weighted by Gasteiger charge is -2.20. The van der Waals surface area contributed by atoms with Crippen LogP contribution in [0.3, 0.4) is 0 Å². The molecule has 0 spiro atoms. The monoisotopic (exact) mass is 272 g/mol. The van der Waals surface area contributed by atoms with E-state index in [1.807, 2.05) is 0 Å². The van der Waals surface area contributed by atoms with Gasteiger partial charge in [-0.3, -0.25) is 4.99 Å². The molecule has 0 fully saturated rings. The van der Waals surface area contributed by atoms with Crippen LogP contribution in [0.15, 0.2) is 29.4 Å². The Kier molecular flexibility index (Phi) is 4.02. The third kappa shape index (κ3) is 3.53. The fourth-order valence-electron chi connectivity index (χ4n) is 2.29. The van der Waals surface area contributed by atoms with Gasteiger partial charge in [0.25, 0.3) is 0 Å². The fraction of sp³-hybridized carbons (Fsp3) is 0.438. The number of para-hydroxylation sites is 1. The van der Waals surface area contributed by atoms with Gasteiger partial charge in [-0.15, -0.1) is 0 Å². The number of aliphatic imine (C=N–C) groups is 1. The molecule has 20 heavy (non-hydrogen) atoms. The lowest BCUT2D eigenvalue weighted by atomic mass is 10.1. The van der Waals surface area contributed by atoms with E-state index >= 15 is 0 Å². The first-order chi connectivity index (χ1) is 9.37. The van der Waals surface area contributed by atoms with Crippen molar-refractivity contribution in [3.63, 3.8) is 0 Å². The summed E-state index contributed by atoms with van der Waals surface area (Å²) >= 11 is 0. The van der Waals surface area contributed by atoms with Crippen LogP contribution in [0.2, 0.25) is 0 Å². The standard InChI is InChI=1S/C16H24N4/c1-11-6-5-7-13-12(10-19-14(11)13)8-9-18-15(17)20-16(2,3)4/h5-7,10,19H,8-9H2,1-4H3,(H3,17,18,20). The molecule has 4 N–H and O–H groups in total. The maximum Gasteiger partial charge on any atom is 0.188 e. The fourth-order valence-corrected chi connectivity index (χ4v) is 2.29. The summed E-state index contributed by atoms with van der Waals surface area (Å²) in [7, 11) is 0. The quantitative estimate of drug-likeness (QED) is 0.594. The Hall–Kier alpha value is -1.97. The third-order valence-corrected chi connectivity index (χ3v) is 3.18. The van der Waals surface area contributed by atoms with Crippen molar-refractivity contribution in [1.29, 1.82) is 0 Å². The average molecular weight is 272 g/mol. The average Bonchev–Trinajstić information content (AvgIpc) is 2.72. The van der Waals surface area contributed by atoms with E-state index in [2.05, 4.69) is 67.4 Å². The molecule has 0 aliphatic heterocycles. The summed E-state index contributed by atoms with van der Waals surface area (Å²) in [6.07, 6.45) is 2.95. The van der Waals surface area contributed by atoms with Gasteiger partial charge in [-0.1, -0.05) is 18.2 Å². The highest BCUT2D eigenvalue weighted by Gasteiger charge is 2.09. The number of aromatic amines is 1. The lowest BCUT2D eigenvalue weighted by molar-refractivity contribution is 0.508. The highest BCUT2D eigenvalue weighted by atomic mass is 15.1. The first kappa shape index (κ1) is 14.4. The second-order valence-corrected chi connectivity index (χ2v) is 6.20. The van der Waals surface area contributed by atoms with Gasteiger partial charge in [0, 0.05) is 29.2 Å². The second kappa shape index (κ2) is 5.57. The normalized spacial score (nSPS) is 12.9. The van der Waals surface area contributed by atoms with Crippen molar-refractivity contribution < 1.29 is 0 Å². The summed E-state index contributed by atoms with van der Waals surface area (Å²) in [6.45, 7) is 9.01. The SMILES string of the molecule is Cc1cccc2c(CCN=C(N)NC(C)(C)C)c[nH]c12. The number of nitrogens with one attached hydrogen (secondary N) is 2. The van der Waals surface area contributed by atoms with Crippen molar-refractivity contribution in [2.75, 3.05) is 6.54 Å². The minimum atomic E-state index is -0.0501. The van der Waals surface area contributed by atoms with E-state index in [-0.39, 0.29) is 5.54 Å². The molecule has 0 atom stereocenters. The smallest absolute Gasteiger partial charge is 0.188 e. The second-order valence-electron chi connectivity index (χ2n) is 6.20. The number of nitrogens with two attached hydrogens (primary N) is 1. The van der Waals surface area contributed by atoms with Crippen LogP contribution in [0.25, 0.3) is 10.9 Å². The molecule has 4 heteroatoms. The zero-order valence-electron chi connectivity index (χ0n) is 12.7. The molecule has 0 saturated carbocycles. The third-order valence-electron chi connectivity index (χ3n) is 3.18. The van der Waals surface area contributed by atoms with Crippen LogP contribution in [0.1, 0.15) is 31.9 Å². The summed E-state index contributed by atoms with van der Waals surface area (Å²) < 4.78 is 0. The molecule has 108 valence electrons. The highest BCUT2D eigenvalue weighted by Crippen LogP contribution is 2.21. The molecule has 2 aromatic rings. The Morgan fingerprint density at radius 2 is 2.10 bits per heavy atom. The van der Waals surface area contributed by atoms with Crippen molar-refractivity contribution in [3.8, 4) is 0 Å². The molecule has 4 nitrogen and oxygen atoms in total. The van der Waals surface area contributed by atoms with Gasteiger partial charge in [-0.25, -0.2) is 0 Å². The van der Waals surface area contributed by atoms with E-state index in [0.717, 1.165) is 6.42 Å². The van der Waals surface area contributed by atoms with Gasteiger partial charge in [-0.05, 0) is 45.2 Å². The molecule has 2 rings (SSSR count). The molecule has 1 heterocycles. The van der Waals surface area contributed by atoms with E-state index in [1.54, 1.807) is 0 Å². The van der Waals surface area contributed by atoms with Crippen LogP contribution in [0, 0.1) is 6.92 Å². The van der Waals surface area contributed by atoms with E-state index in [0.29, 0.717) is 12.5 Å². The van der Waals surface area contributed by atoms with Crippen LogP contribution >= 0.6 is 0 Å². The lowest BCUT2D eigenvalue weighted by Crippen LogP contribution is -2.45. The minimum Gasteiger partial charge on any atom is -0.370 e. The number of nitrogens with zero attached hydrogens (tertiary/aromatic N) is 1. The number of aromatic nitrogens is 1. The summed E-state index contributed by atoms with van der Waals surface area (Å²) in [5, 5.41) is 4.45. The van der Waals surface area contributed by atoms with Crippen molar-refractivity contribution in [2.45, 2.75) is 39.7 Å². The van der Waals surface area contributed by atoms with Crippen molar-refractivity contribution in [2.24, 2.45) is 10.7 Å². The van der Waals surface area contributed by atoms with E-state index in [9.17, 15) is 0 Å². The van der Waals surface area contributed by atoms with Crippen molar-refractivity contribution in [3.05, 3.63) is 35.5 Å². The van der Waals surface area contributed by atoms with Crippen LogP contribution in [0.5, 0.6) is 0 Å². The number of benzene rings is 1. The van der Waals surface area contributed by atoms with Crippen molar-refractivity contribution >= 4 is 16.9 Å². The zero-order chi connectivity index (χ0) is 14.8. The predicted molar refractivity (Wildman–Crippen MR) is 86.1 cm³/mol. The number of H-pyrrole nitrogens is 1. The van der Waals surface area contributed by atoms with Crippen LogP contribution in [-0.4, -0.2) is 23.0 Å². The van der Waals surface area contributed by atoms with E-state index in [4.69, 9.17) is 5.73 Å². The van der Waals surface area contributed by atoms with E-state index in [1.165, 1.54) is 22.0 Å². The first-order valence-corrected chi connectivity index (χ1v) is 7.00. The van der Waals surface area contributed by atoms with Gasteiger partial charge in [0.2, 0.25) is 0 Å². The van der Waals surface area contributed by atoms with Gasteiger partial charge < -0.3 is 16.0 Å². The Morgan fingerprint density at radius 1 is 1.35 bits per heavy atom. The van der Waals surface area contributed by atoms with Crippen LogP contribution in [0.4, 0.5) is 0 Å². The summed E-state index contributed by atoms with van der Waals surface area (Å²) in [4.78, 5) is 7.72. The summed E-state index contributed by atoms with van der Waals surface area (Å²) in [5.74, 6) is 0.508. The first-order valence-electron chi connectivity index (χ1n) is 7.00. The summed E-state index contributed by atoms with van der Waals surface area (Å²) in [6, 6.07) is 6.36.